The number of hydrogen-bond acceptors (Lipinski definition) is 3. The van der Waals surface area contributed by atoms with E-state index in [1.807, 2.05) is 0 Å². The van der Waals surface area contributed by atoms with Crippen molar-refractivity contribution in [3.05, 3.63) is 10.9 Å². The smallest absolute Gasteiger partial charge is 0.431 e. The minimum absolute atomic E-state index is 0.104. The summed E-state index contributed by atoms with van der Waals surface area (Å²) in [6.07, 6.45) is 0. The molecule has 0 bridgehead atoms. The van der Waals surface area contributed by atoms with Crippen LogP contribution in [0.4, 0.5) is 0 Å². The molecule has 2 N–H and O–H groups in total. The van der Waals surface area contributed by atoms with E-state index >= 15 is 0 Å². The molecule has 0 saturated carbocycles. The molecule has 0 radical (unpaired) electrons. The van der Waals surface area contributed by atoms with Crippen molar-refractivity contribution in [1.29, 1.82) is 0 Å². The molecule has 0 atom stereocenters. The van der Waals surface area contributed by atoms with Gasteiger partial charge in [-0.2, -0.15) is 0 Å². The average molecular weight is 132 g/mol. The SMILES string of the molecule is Cc1cc(O)[n+](O)s1. The highest BCUT2D eigenvalue weighted by atomic mass is 32.1. The van der Waals surface area contributed by atoms with Gasteiger partial charge < -0.3 is 5.11 Å². The van der Waals surface area contributed by atoms with Gasteiger partial charge in [-0.25, -0.2) is 0 Å². The van der Waals surface area contributed by atoms with E-state index < -0.39 is 0 Å². The maximum atomic E-state index is 8.66. The largest absolute Gasteiger partial charge is 0.456 e. The zero-order valence-corrected chi connectivity index (χ0v) is 5.14. The van der Waals surface area contributed by atoms with Gasteiger partial charge >= 0.3 is 5.88 Å². The Morgan fingerprint density at radius 2 is 2.38 bits per heavy atom. The topological polar surface area (TPSA) is 44.3 Å². The highest BCUT2D eigenvalue weighted by Gasteiger charge is 2.11. The lowest BCUT2D eigenvalue weighted by Crippen LogP contribution is -2.22. The standard InChI is InChI=1S/C4H5NO2S/c1-3-2-4(6)5(7)8-3/h2,7H,1H3/p+1. The summed E-state index contributed by atoms with van der Waals surface area (Å²) in [6.45, 7) is 1.80. The molecule has 1 heterocycles. The second-order valence-corrected chi connectivity index (χ2v) is 2.65. The molecule has 4 heteroatoms. The van der Waals surface area contributed by atoms with Crippen LogP contribution >= 0.6 is 11.5 Å². The van der Waals surface area contributed by atoms with Crippen molar-refractivity contribution in [3.63, 3.8) is 0 Å². The zero-order chi connectivity index (χ0) is 6.15. The zero-order valence-electron chi connectivity index (χ0n) is 4.33. The lowest BCUT2D eigenvalue weighted by atomic mass is 10.5. The molecule has 1 aromatic heterocycles. The Kier molecular flexibility index (Phi) is 1.09. The number of nitrogens with zero attached hydrogens (tertiary/aromatic N) is 1. The fourth-order valence-corrected chi connectivity index (χ4v) is 1.02. The van der Waals surface area contributed by atoms with Crippen LogP contribution in [0, 0.1) is 6.92 Å². The molecule has 44 valence electrons. The van der Waals surface area contributed by atoms with Gasteiger partial charge in [-0.15, -0.1) is 0 Å². The third kappa shape index (κ3) is 0.742. The van der Waals surface area contributed by atoms with Crippen molar-refractivity contribution in [2.45, 2.75) is 6.92 Å². The summed E-state index contributed by atoms with van der Waals surface area (Å²) in [5.41, 5.74) is 0. The molecule has 0 saturated heterocycles. The first kappa shape index (κ1) is 5.37. The van der Waals surface area contributed by atoms with Gasteiger partial charge in [0.15, 0.2) is 11.5 Å². The van der Waals surface area contributed by atoms with Crippen molar-refractivity contribution in [1.82, 2.24) is 0 Å². The molecule has 0 aliphatic carbocycles. The van der Waals surface area contributed by atoms with E-state index in [-0.39, 0.29) is 5.88 Å². The highest BCUT2D eigenvalue weighted by molar-refractivity contribution is 7.01. The fraction of sp³-hybridized carbons (Fsp3) is 0.250. The summed E-state index contributed by atoms with van der Waals surface area (Å²) in [6, 6.07) is 1.49. The summed E-state index contributed by atoms with van der Waals surface area (Å²) in [4.78, 5) is 0.880. The van der Waals surface area contributed by atoms with Crippen molar-refractivity contribution < 1.29 is 14.4 Å². The monoisotopic (exact) mass is 132 g/mol. The quantitative estimate of drug-likeness (QED) is 0.393. The summed E-state index contributed by atoms with van der Waals surface area (Å²) < 4.78 is 0.718. The second kappa shape index (κ2) is 1.63. The van der Waals surface area contributed by atoms with Crippen LogP contribution in [0.2, 0.25) is 0 Å². The number of aromatic hydroxyl groups is 1. The van der Waals surface area contributed by atoms with E-state index in [2.05, 4.69) is 0 Å². The molecule has 0 aliphatic rings. The van der Waals surface area contributed by atoms with E-state index in [4.69, 9.17) is 10.3 Å². The minimum Gasteiger partial charge on any atom is -0.456 e. The molecular weight excluding hydrogens is 126 g/mol. The van der Waals surface area contributed by atoms with Gasteiger partial charge in [-0.1, -0.05) is 0 Å². The Balaban J connectivity index is 3.14. The molecule has 0 unspecified atom stereocenters. The Bertz CT molecular complexity index is 176. The van der Waals surface area contributed by atoms with Crippen LogP contribution in [0.1, 0.15) is 4.88 Å². The van der Waals surface area contributed by atoms with E-state index in [9.17, 15) is 0 Å². The summed E-state index contributed by atoms with van der Waals surface area (Å²) in [7, 11) is 0. The van der Waals surface area contributed by atoms with E-state index in [1.54, 1.807) is 6.92 Å². The first-order valence-electron chi connectivity index (χ1n) is 2.11. The van der Waals surface area contributed by atoms with Crippen LogP contribution < -0.4 is 4.12 Å². The molecule has 1 aromatic rings. The lowest BCUT2D eigenvalue weighted by molar-refractivity contribution is -0.854. The lowest BCUT2D eigenvalue weighted by Gasteiger charge is -1.68. The minimum atomic E-state index is -0.104. The van der Waals surface area contributed by atoms with E-state index in [0.717, 1.165) is 20.5 Å². The first-order chi connectivity index (χ1) is 3.70. The summed E-state index contributed by atoms with van der Waals surface area (Å²) in [5, 5.41) is 17.3. The van der Waals surface area contributed by atoms with Gasteiger partial charge in [0.2, 0.25) is 0 Å². The maximum absolute atomic E-state index is 8.66. The van der Waals surface area contributed by atoms with Crippen LogP contribution in [-0.4, -0.2) is 10.3 Å². The number of hydrogen-bond donors (Lipinski definition) is 2. The Morgan fingerprint density at radius 1 is 1.75 bits per heavy atom. The number of aromatic nitrogens is 1. The second-order valence-electron chi connectivity index (χ2n) is 1.48. The van der Waals surface area contributed by atoms with Crippen molar-refractivity contribution in [2.75, 3.05) is 0 Å². The predicted octanol–water partition coefficient (Wildman–Crippen LogP) is 0.287. The third-order valence-corrected chi connectivity index (χ3v) is 1.52. The fourth-order valence-electron chi connectivity index (χ4n) is 0.447. The van der Waals surface area contributed by atoms with Crippen LogP contribution in [-0.2, 0) is 0 Å². The highest BCUT2D eigenvalue weighted by Crippen LogP contribution is 2.08. The third-order valence-electron chi connectivity index (χ3n) is 0.759. The molecule has 1 rings (SSSR count). The van der Waals surface area contributed by atoms with Crippen LogP contribution in [0.3, 0.4) is 0 Å². The van der Waals surface area contributed by atoms with Gasteiger partial charge in [0.25, 0.3) is 0 Å². The molecular formula is C4H6NO2S+. The van der Waals surface area contributed by atoms with Gasteiger partial charge in [0.05, 0.1) is 10.9 Å². The van der Waals surface area contributed by atoms with Gasteiger partial charge in [-0.3, -0.25) is 5.21 Å². The predicted molar refractivity (Wildman–Crippen MR) is 28.1 cm³/mol. The molecule has 0 aromatic carbocycles. The molecule has 8 heavy (non-hydrogen) atoms. The van der Waals surface area contributed by atoms with E-state index in [0.29, 0.717) is 0 Å². The van der Waals surface area contributed by atoms with Crippen LogP contribution in [0.15, 0.2) is 6.07 Å². The Morgan fingerprint density at radius 3 is 2.50 bits per heavy atom. The van der Waals surface area contributed by atoms with Gasteiger partial charge in [0.1, 0.15) is 4.12 Å². The Labute approximate surface area is 50.5 Å². The van der Waals surface area contributed by atoms with Gasteiger partial charge in [0, 0.05) is 0 Å². The molecule has 0 amide bonds. The van der Waals surface area contributed by atoms with Gasteiger partial charge in [-0.05, 0) is 6.92 Å². The van der Waals surface area contributed by atoms with Crippen LogP contribution in [0.25, 0.3) is 0 Å². The molecule has 0 aliphatic heterocycles. The molecule has 3 nitrogen and oxygen atoms in total. The van der Waals surface area contributed by atoms with E-state index in [1.165, 1.54) is 6.07 Å². The van der Waals surface area contributed by atoms with Crippen molar-refractivity contribution >= 4 is 11.5 Å². The van der Waals surface area contributed by atoms with Crippen molar-refractivity contribution in [3.8, 4) is 5.88 Å². The van der Waals surface area contributed by atoms with Crippen LogP contribution in [0.5, 0.6) is 5.88 Å². The molecule has 0 spiro atoms. The number of rotatable bonds is 0. The summed E-state index contributed by atoms with van der Waals surface area (Å²) >= 11 is 1.09. The molecule has 0 fully saturated rings. The normalized spacial score (nSPS) is 9.62. The van der Waals surface area contributed by atoms with Crippen molar-refractivity contribution in [2.24, 2.45) is 0 Å². The maximum Gasteiger partial charge on any atom is 0.431 e. The number of aryl methyl sites for hydroxylation is 1. The summed E-state index contributed by atoms with van der Waals surface area (Å²) in [5.74, 6) is -0.104. The average Bonchev–Trinajstić information content (AvgIpc) is 1.85. The Hall–Kier alpha value is -0.770. The first-order valence-corrected chi connectivity index (χ1v) is 2.88.